The molecule has 2 atom stereocenters. The van der Waals surface area contributed by atoms with E-state index in [1.807, 2.05) is 18.2 Å². The zero-order chi connectivity index (χ0) is 16.1. The number of benzene rings is 1. The van der Waals surface area contributed by atoms with Crippen molar-refractivity contribution in [2.24, 2.45) is 0 Å². The third-order valence-electron chi connectivity index (χ3n) is 4.14. The van der Waals surface area contributed by atoms with E-state index in [1.165, 1.54) is 11.1 Å². The Balaban J connectivity index is 1.76. The molecule has 1 aromatic heterocycles. The predicted molar refractivity (Wildman–Crippen MR) is 89.0 cm³/mol. The highest BCUT2D eigenvalue weighted by Crippen LogP contribution is 2.19. The monoisotopic (exact) mass is 310 g/mol. The van der Waals surface area contributed by atoms with E-state index in [2.05, 4.69) is 41.5 Å². The molecule has 0 bridgehead atoms. The lowest BCUT2D eigenvalue weighted by molar-refractivity contribution is -0.130. The van der Waals surface area contributed by atoms with Gasteiger partial charge >= 0.3 is 0 Å². The number of rotatable bonds is 5. The summed E-state index contributed by atoms with van der Waals surface area (Å²) in [6.07, 6.45) is 3.90. The van der Waals surface area contributed by atoms with Crippen LogP contribution in [0.1, 0.15) is 35.7 Å². The predicted octanol–water partition coefficient (Wildman–Crippen LogP) is 2.97. The molecule has 1 fully saturated rings. The lowest BCUT2D eigenvalue weighted by atomic mass is 10.0. The fourth-order valence-electron chi connectivity index (χ4n) is 2.82. The van der Waals surface area contributed by atoms with Gasteiger partial charge in [0.05, 0.1) is 11.7 Å². The first-order chi connectivity index (χ1) is 11.2. The molecular weight excluding hydrogens is 288 g/mol. The molecule has 120 valence electrons. The minimum atomic E-state index is -0.320. The summed E-state index contributed by atoms with van der Waals surface area (Å²) in [4.78, 5) is 16.8. The molecule has 0 spiro atoms. The Morgan fingerprint density at radius 1 is 1.30 bits per heavy atom. The van der Waals surface area contributed by atoms with Crippen LogP contribution < -0.4 is 5.32 Å². The van der Waals surface area contributed by atoms with Gasteiger partial charge in [0.2, 0.25) is 5.91 Å². The molecule has 1 aromatic carbocycles. The van der Waals surface area contributed by atoms with Gasteiger partial charge in [0, 0.05) is 12.8 Å². The summed E-state index contributed by atoms with van der Waals surface area (Å²) in [5.74, 6) is -0.0368. The molecule has 1 saturated heterocycles. The van der Waals surface area contributed by atoms with Crippen molar-refractivity contribution >= 4 is 5.91 Å². The van der Waals surface area contributed by atoms with Crippen LogP contribution in [0.2, 0.25) is 0 Å². The topological polar surface area (TPSA) is 51.2 Å². The Kier molecular flexibility index (Phi) is 5.03. The number of carbonyl (C=O) groups excluding carboxylic acids is 1. The van der Waals surface area contributed by atoms with E-state index in [9.17, 15) is 4.79 Å². The Morgan fingerprint density at radius 3 is 2.78 bits per heavy atom. The lowest BCUT2D eigenvalue weighted by Gasteiger charge is -2.20. The van der Waals surface area contributed by atoms with Crippen molar-refractivity contribution in [3.05, 3.63) is 65.5 Å². The van der Waals surface area contributed by atoms with E-state index in [0.717, 1.165) is 25.0 Å². The van der Waals surface area contributed by atoms with Crippen LogP contribution >= 0.6 is 0 Å². The number of pyridine rings is 1. The number of nitrogens with one attached hydrogen (secondary N) is 1. The van der Waals surface area contributed by atoms with E-state index < -0.39 is 0 Å². The number of aromatic nitrogens is 1. The van der Waals surface area contributed by atoms with Crippen molar-refractivity contribution in [2.45, 2.75) is 38.3 Å². The first kappa shape index (κ1) is 15.7. The Hall–Kier alpha value is -2.20. The van der Waals surface area contributed by atoms with Crippen LogP contribution in [-0.2, 0) is 16.0 Å². The van der Waals surface area contributed by atoms with Crippen LogP contribution in [0.3, 0.4) is 0 Å². The molecule has 23 heavy (non-hydrogen) atoms. The Bertz CT molecular complexity index is 634. The third kappa shape index (κ3) is 4.17. The fraction of sp³-hybridized carbons (Fsp3) is 0.368. The number of carbonyl (C=O) groups is 1. The molecule has 1 aliphatic rings. The number of ether oxygens (including phenoxy) is 1. The van der Waals surface area contributed by atoms with Gasteiger partial charge in [0.1, 0.15) is 6.10 Å². The number of hydrogen-bond donors (Lipinski definition) is 1. The summed E-state index contributed by atoms with van der Waals surface area (Å²) in [6.45, 7) is 2.74. The standard InChI is InChI=1S/C19H22N2O2/c1-14-7-9-15(10-8-14)13-17(16-5-2-3-11-20-16)21-19(22)18-6-4-12-23-18/h2-3,5,7-11,17-18H,4,6,12-13H2,1H3,(H,21,22)/t17-,18+/m1/s1. The molecule has 0 saturated carbocycles. The molecule has 1 amide bonds. The molecule has 1 aliphatic heterocycles. The van der Waals surface area contributed by atoms with Gasteiger partial charge in [0.25, 0.3) is 0 Å². The van der Waals surface area contributed by atoms with Crippen LogP contribution in [0, 0.1) is 6.92 Å². The molecule has 2 aromatic rings. The molecule has 3 rings (SSSR count). The first-order valence-corrected chi connectivity index (χ1v) is 8.11. The summed E-state index contributed by atoms with van der Waals surface area (Å²) in [5, 5.41) is 3.11. The summed E-state index contributed by atoms with van der Waals surface area (Å²) >= 11 is 0. The highest BCUT2D eigenvalue weighted by Gasteiger charge is 2.26. The van der Waals surface area contributed by atoms with E-state index in [1.54, 1.807) is 6.20 Å². The van der Waals surface area contributed by atoms with Gasteiger partial charge in [-0.1, -0.05) is 35.9 Å². The van der Waals surface area contributed by atoms with Crippen LogP contribution in [-0.4, -0.2) is 23.6 Å². The van der Waals surface area contributed by atoms with Crippen LogP contribution in [0.5, 0.6) is 0 Å². The van der Waals surface area contributed by atoms with Gasteiger partial charge < -0.3 is 10.1 Å². The minimum Gasteiger partial charge on any atom is -0.368 e. The SMILES string of the molecule is Cc1ccc(C[C@@H](NC(=O)[C@@H]2CCCO2)c2ccccn2)cc1. The quantitative estimate of drug-likeness (QED) is 0.923. The molecule has 0 unspecified atom stereocenters. The van der Waals surface area contributed by atoms with Gasteiger partial charge in [-0.2, -0.15) is 0 Å². The average Bonchev–Trinajstić information content (AvgIpc) is 3.12. The zero-order valence-electron chi connectivity index (χ0n) is 13.4. The summed E-state index contributed by atoms with van der Waals surface area (Å²) in [7, 11) is 0. The van der Waals surface area contributed by atoms with Gasteiger partial charge in [-0.15, -0.1) is 0 Å². The summed E-state index contributed by atoms with van der Waals surface area (Å²) in [6, 6.07) is 14.0. The van der Waals surface area contributed by atoms with E-state index in [-0.39, 0.29) is 18.1 Å². The molecule has 0 aliphatic carbocycles. The molecule has 0 radical (unpaired) electrons. The van der Waals surface area contributed by atoms with E-state index in [0.29, 0.717) is 6.61 Å². The second kappa shape index (κ2) is 7.38. The maximum Gasteiger partial charge on any atom is 0.249 e. The molecule has 2 heterocycles. The molecule has 1 N–H and O–H groups in total. The van der Waals surface area contributed by atoms with E-state index >= 15 is 0 Å². The van der Waals surface area contributed by atoms with Crippen molar-refractivity contribution in [2.75, 3.05) is 6.61 Å². The largest absolute Gasteiger partial charge is 0.368 e. The van der Waals surface area contributed by atoms with E-state index in [4.69, 9.17) is 4.74 Å². The number of amides is 1. The van der Waals surface area contributed by atoms with Crippen LogP contribution in [0.25, 0.3) is 0 Å². The van der Waals surface area contributed by atoms with Crippen molar-refractivity contribution in [1.82, 2.24) is 10.3 Å². The van der Waals surface area contributed by atoms with Gasteiger partial charge in [0.15, 0.2) is 0 Å². The number of hydrogen-bond acceptors (Lipinski definition) is 3. The van der Waals surface area contributed by atoms with Crippen molar-refractivity contribution in [3.8, 4) is 0 Å². The van der Waals surface area contributed by atoms with Crippen molar-refractivity contribution in [1.29, 1.82) is 0 Å². The second-order valence-electron chi connectivity index (χ2n) is 6.01. The first-order valence-electron chi connectivity index (χ1n) is 8.11. The molecule has 4 nitrogen and oxygen atoms in total. The van der Waals surface area contributed by atoms with Gasteiger partial charge in [-0.25, -0.2) is 0 Å². The number of aryl methyl sites for hydroxylation is 1. The maximum atomic E-state index is 12.4. The normalized spacial score (nSPS) is 18.6. The van der Waals surface area contributed by atoms with Crippen LogP contribution in [0.15, 0.2) is 48.7 Å². The average molecular weight is 310 g/mol. The Labute approximate surface area is 136 Å². The molecule has 4 heteroatoms. The van der Waals surface area contributed by atoms with Gasteiger partial charge in [-0.05, 0) is 43.9 Å². The summed E-state index contributed by atoms with van der Waals surface area (Å²) < 4.78 is 5.48. The van der Waals surface area contributed by atoms with Crippen molar-refractivity contribution in [3.63, 3.8) is 0 Å². The van der Waals surface area contributed by atoms with Crippen molar-refractivity contribution < 1.29 is 9.53 Å². The molecular formula is C19H22N2O2. The highest BCUT2D eigenvalue weighted by atomic mass is 16.5. The smallest absolute Gasteiger partial charge is 0.249 e. The van der Waals surface area contributed by atoms with Gasteiger partial charge in [-0.3, -0.25) is 9.78 Å². The van der Waals surface area contributed by atoms with Crippen LogP contribution in [0.4, 0.5) is 0 Å². The zero-order valence-corrected chi connectivity index (χ0v) is 13.4. The minimum absolute atomic E-state index is 0.0368. The lowest BCUT2D eigenvalue weighted by Crippen LogP contribution is -2.38. The fourth-order valence-corrected chi connectivity index (χ4v) is 2.82. The summed E-state index contributed by atoms with van der Waals surface area (Å²) in [5.41, 5.74) is 3.28. The second-order valence-corrected chi connectivity index (χ2v) is 6.01. The Morgan fingerprint density at radius 2 is 2.13 bits per heavy atom. The number of nitrogens with zero attached hydrogens (tertiary/aromatic N) is 1. The maximum absolute atomic E-state index is 12.4. The third-order valence-corrected chi connectivity index (χ3v) is 4.14. The highest BCUT2D eigenvalue weighted by molar-refractivity contribution is 5.81.